The van der Waals surface area contributed by atoms with Gasteiger partial charge >= 0.3 is 0 Å². The largest absolute Gasteiger partial charge is 0.337 e. The summed E-state index contributed by atoms with van der Waals surface area (Å²) in [6, 6.07) is 14.1. The first-order valence-corrected chi connectivity index (χ1v) is 8.64. The van der Waals surface area contributed by atoms with E-state index < -0.39 is 0 Å². The molecule has 5 nitrogen and oxygen atoms in total. The van der Waals surface area contributed by atoms with Crippen molar-refractivity contribution in [3.8, 4) is 11.3 Å². The number of hydrogen-bond donors (Lipinski definition) is 1. The van der Waals surface area contributed by atoms with E-state index in [4.69, 9.17) is 5.84 Å². The molecular formula is C18H17N5S. The number of rotatable bonds is 4. The van der Waals surface area contributed by atoms with Crippen LogP contribution in [0.2, 0.25) is 0 Å². The number of imidazole rings is 2. The van der Waals surface area contributed by atoms with Crippen molar-refractivity contribution in [2.24, 2.45) is 0 Å². The molecule has 0 aliphatic heterocycles. The van der Waals surface area contributed by atoms with Crippen molar-refractivity contribution in [2.75, 3.05) is 5.84 Å². The van der Waals surface area contributed by atoms with Crippen molar-refractivity contribution in [3.05, 3.63) is 72.3 Å². The van der Waals surface area contributed by atoms with Gasteiger partial charge in [-0.15, -0.1) is 0 Å². The Morgan fingerprint density at radius 1 is 1.00 bits per heavy atom. The van der Waals surface area contributed by atoms with Gasteiger partial charge in [0.1, 0.15) is 5.65 Å². The maximum absolute atomic E-state index is 6.05. The van der Waals surface area contributed by atoms with Crippen molar-refractivity contribution in [2.45, 2.75) is 17.8 Å². The summed E-state index contributed by atoms with van der Waals surface area (Å²) in [7, 11) is 0. The number of nitrogens with zero attached hydrogens (tertiary/aromatic N) is 4. The van der Waals surface area contributed by atoms with E-state index in [2.05, 4.69) is 39.8 Å². The molecule has 120 valence electrons. The molecule has 6 heteroatoms. The van der Waals surface area contributed by atoms with E-state index in [-0.39, 0.29) is 0 Å². The number of benzene rings is 1. The van der Waals surface area contributed by atoms with Crippen molar-refractivity contribution >= 4 is 17.4 Å². The van der Waals surface area contributed by atoms with Gasteiger partial charge in [-0.2, -0.15) is 0 Å². The molecule has 0 aliphatic carbocycles. The Morgan fingerprint density at radius 2 is 1.83 bits per heavy atom. The van der Waals surface area contributed by atoms with E-state index in [0.29, 0.717) is 0 Å². The van der Waals surface area contributed by atoms with Crippen molar-refractivity contribution in [1.29, 1.82) is 0 Å². The van der Waals surface area contributed by atoms with Crippen LogP contribution in [0.5, 0.6) is 0 Å². The second kappa shape index (κ2) is 6.05. The standard InChI is InChI=1S/C18H17N5S/c1-13-7-8-17-20-15(10-22(17)9-13)12-24-18-21-16(11-23(18)19)14-5-3-2-4-6-14/h2-11H,12,19H2,1H3. The smallest absolute Gasteiger partial charge is 0.187 e. The molecule has 3 heterocycles. The van der Waals surface area contributed by atoms with Crippen LogP contribution in [-0.4, -0.2) is 19.0 Å². The molecule has 3 aromatic heterocycles. The summed E-state index contributed by atoms with van der Waals surface area (Å²) in [5.74, 6) is 6.77. The zero-order chi connectivity index (χ0) is 16.5. The van der Waals surface area contributed by atoms with Crippen LogP contribution < -0.4 is 5.84 Å². The Labute approximate surface area is 144 Å². The fourth-order valence-electron chi connectivity index (χ4n) is 2.60. The van der Waals surface area contributed by atoms with Crippen LogP contribution >= 0.6 is 11.8 Å². The molecule has 0 amide bonds. The third kappa shape index (κ3) is 2.88. The number of aromatic nitrogens is 4. The van der Waals surface area contributed by atoms with Crippen molar-refractivity contribution in [3.63, 3.8) is 0 Å². The van der Waals surface area contributed by atoms with Gasteiger partial charge in [-0.3, -0.25) is 0 Å². The van der Waals surface area contributed by atoms with Crippen LogP contribution in [0.15, 0.2) is 66.2 Å². The minimum absolute atomic E-state index is 0.725. The number of nitrogen functional groups attached to an aromatic ring is 1. The van der Waals surface area contributed by atoms with E-state index in [9.17, 15) is 0 Å². The predicted octanol–water partition coefficient (Wildman–Crippen LogP) is 3.51. The number of thioether (sulfide) groups is 1. The Morgan fingerprint density at radius 3 is 2.67 bits per heavy atom. The average Bonchev–Trinajstić information content (AvgIpc) is 3.16. The third-order valence-electron chi connectivity index (χ3n) is 3.77. The highest BCUT2D eigenvalue weighted by Crippen LogP contribution is 2.25. The van der Waals surface area contributed by atoms with E-state index in [1.807, 2.05) is 42.6 Å². The van der Waals surface area contributed by atoms with Gasteiger partial charge in [0.2, 0.25) is 0 Å². The van der Waals surface area contributed by atoms with Crippen LogP contribution in [0.25, 0.3) is 16.9 Å². The number of nitrogens with two attached hydrogens (primary N) is 1. The molecule has 0 fully saturated rings. The molecule has 0 aliphatic rings. The molecule has 4 rings (SSSR count). The molecule has 24 heavy (non-hydrogen) atoms. The molecule has 0 bridgehead atoms. The first-order chi connectivity index (χ1) is 11.7. The molecule has 1 aromatic carbocycles. The molecule has 4 aromatic rings. The average molecular weight is 335 g/mol. The lowest BCUT2D eigenvalue weighted by molar-refractivity contribution is 0.851. The fraction of sp³-hybridized carbons (Fsp3) is 0.111. The number of fused-ring (bicyclic) bond motifs is 1. The van der Waals surface area contributed by atoms with Gasteiger partial charge in [-0.25, -0.2) is 14.6 Å². The minimum Gasteiger partial charge on any atom is -0.337 e. The van der Waals surface area contributed by atoms with E-state index >= 15 is 0 Å². The van der Waals surface area contributed by atoms with Gasteiger partial charge in [0.15, 0.2) is 5.16 Å². The fourth-order valence-corrected chi connectivity index (χ4v) is 3.38. The monoisotopic (exact) mass is 335 g/mol. The summed E-state index contributed by atoms with van der Waals surface area (Å²) < 4.78 is 3.63. The summed E-state index contributed by atoms with van der Waals surface area (Å²) in [5.41, 5.74) is 5.12. The second-order valence-corrected chi connectivity index (χ2v) is 6.62. The van der Waals surface area contributed by atoms with Gasteiger partial charge in [-0.05, 0) is 18.6 Å². The Hall–Kier alpha value is -2.73. The topological polar surface area (TPSA) is 61.1 Å². The summed E-state index contributed by atoms with van der Waals surface area (Å²) in [6.45, 7) is 2.07. The lowest BCUT2D eigenvalue weighted by Gasteiger charge is -1.98. The Balaban J connectivity index is 1.54. The Kier molecular flexibility index (Phi) is 3.74. The van der Waals surface area contributed by atoms with Crippen LogP contribution in [-0.2, 0) is 5.75 Å². The molecule has 0 saturated carbocycles. The van der Waals surface area contributed by atoms with Gasteiger partial charge in [0.05, 0.1) is 17.6 Å². The summed E-state index contributed by atoms with van der Waals surface area (Å²) in [4.78, 5) is 9.26. The SMILES string of the molecule is Cc1ccc2nc(CSc3nc(-c4ccccc4)cn3N)cn2c1. The number of hydrogen-bond acceptors (Lipinski definition) is 4. The lowest BCUT2D eigenvalue weighted by atomic mass is 10.2. The van der Waals surface area contributed by atoms with Gasteiger partial charge < -0.3 is 10.2 Å². The lowest BCUT2D eigenvalue weighted by Crippen LogP contribution is -2.07. The zero-order valence-electron chi connectivity index (χ0n) is 13.3. The molecule has 0 radical (unpaired) electrons. The van der Waals surface area contributed by atoms with Gasteiger partial charge in [0, 0.05) is 23.7 Å². The van der Waals surface area contributed by atoms with Crippen molar-refractivity contribution in [1.82, 2.24) is 19.0 Å². The first-order valence-electron chi connectivity index (χ1n) is 7.66. The van der Waals surface area contributed by atoms with Crippen LogP contribution in [0, 0.1) is 6.92 Å². The van der Waals surface area contributed by atoms with Crippen molar-refractivity contribution < 1.29 is 0 Å². The van der Waals surface area contributed by atoms with E-state index in [1.54, 1.807) is 16.4 Å². The molecule has 0 atom stereocenters. The summed E-state index contributed by atoms with van der Waals surface area (Å²) in [6.07, 6.45) is 5.98. The van der Waals surface area contributed by atoms with E-state index in [1.165, 1.54) is 5.56 Å². The molecular weight excluding hydrogens is 318 g/mol. The first kappa shape index (κ1) is 14.8. The normalized spacial score (nSPS) is 11.2. The highest BCUT2D eigenvalue weighted by molar-refractivity contribution is 7.98. The maximum atomic E-state index is 6.05. The molecule has 0 unspecified atom stereocenters. The van der Waals surface area contributed by atoms with Gasteiger partial charge in [-0.1, -0.05) is 48.2 Å². The van der Waals surface area contributed by atoms with E-state index in [0.717, 1.165) is 33.5 Å². The Bertz CT molecular complexity index is 987. The molecule has 0 spiro atoms. The van der Waals surface area contributed by atoms with Crippen LogP contribution in [0.1, 0.15) is 11.3 Å². The van der Waals surface area contributed by atoms with Crippen LogP contribution in [0.4, 0.5) is 0 Å². The van der Waals surface area contributed by atoms with Gasteiger partial charge in [0.25, 0.3) is 0 Å². The third-order valence-corrected chi connectivity index (χ3v) is 4.77. The highest BCUT2D eigenvalue weighted by Gasteiger charge is 2.10. The number of pyridine rings is 1. The minimum atomic E-state index is 0.725. The zero-order valence-corrected chi connectivity index (χ0v) is 14.1. The molecule has 0 saturated heterocycles. The highest BCUT2D eigenvalue weighted by atomic mass is 32.2. The number of aryl methyl sites for hydroxylation is 1. The summed E-state index contributed by atoms with van der Waals surface area (Å²) in [5, 5.41) is 0.780. The summed E-state index contributed by atoms with van der Waals surface area (Å²) >= 11 is 1.59. The molecule has 2 N–H and O–H groups in total. The second-order valence-electron chi connectivity index (χ2n) is 5.67. The quantitative estimate of drug-likeness (QED) is 0.458. The maximum Gasteiger partial charge on any atom is 0.187 e. The predicted molar refractivity (Wildman–Crippen MR) is 97.3 cm³/mol. The van der Waals surface area contributed by atoms with Crippen LogP contribution in [0.3, 0.4) is 0 Å².